The Hall–Kier alpha value is -2.66. The Morgan fingerprint density at radius 2 is 1.73 bits per heavy atom. The van der Waals surface area contributed by atoms with E-state index in [9.17, 15) is 9.59 Å². The number of hydrogen-bond acceptors (Lipinski definition) is 3. The van der Waals surface area contributed by atoms with Crippen LogP contribution in [0.5, 0.6) is 0 Å². The molecular formula is C27H30ClN3O2. The van der Waals surface area contributed by atoms with Crippen LogP contribution in [0.15, 0.2) is 59.6 Å². The van der Waals surface area contributed by atoms with Gasteiger partial charge in [0.1, 0.15) is 17.9 Å². The predicted octanol–water partition coefficient (Wildman–Crippen LogP) is 5.04. The molecule has 2 aromatic carbocycles. The number of halogens is 1. The molecule has 5 nitrogen and oxygen atoms in total. The first-order valence-corrected chi connectivity index (χ1v) is 12.4. The lowest BCUT2D eigenvalue weighted by atomic mass is 9.88. The zero-order chi connectivity index (χ0) is 22.8. The summed E-state index contributed by atoms with van der Waals surface area (Å²) in [5, 5.41) is 0.627. The van der Waals surface area contributed by atoms with Gasteiger partial charge in [-0.3, -0.25) is 14.6 Å². The molecule has 33 heavy (non-hydrogen) atoms. The van der Waals surface area contributed by atoms with Crippen LogP contribution in [-0.4, -0.2) is 52.6 Å². The van der Waals surface area contributed by atoms with Crippen LogP contribution in [0.4, 0.5) is 0 Å². The first-order valence-electron chi connectivity index (χ1n) is 12.1. The van der Waals surface area contributed by atoms with Gasteiger partial charge in [-0.05, 0) is 56.2 Å². The topological polar surface area (TPSA) is 53.0 Å². The predicted molar refractivity (Wildman–Crippen MR) is 131 cm³/mol. The number of carbonyl (C=O) groups excluding carboxylic acids is 2. The summed E-state index contributed by atoms with van der Waals surface area (Å²) >= 11 is 6.05. The first kappa shape index (κ1) is 22.1. The minimum atomic E-state index is -0.589. The van der Waals surface area contributed by atoms with Gasteiger partial charge in [-0.25, -0.2) is 0 Å². The second kappa shape index (κ2) is 9.30. The highest BCUT2D eigenvalue weighted by atomic mass is 35.5. The van der Waals surface area contributed by atoms with Crippen LogP contribution < -0.4 is 0 Å². The van der Waals surface area contributed by atoms with Crippen molar-refractivity contribution in [3.8, 4) is 0 Å². The number of likely N-dealkylation sites (tertiary alicyclic amines) is 1. The van der Waals surface area contributed by atoms with Crippen molar-refractivity contribution < 1.29 is 9.59 Å². The molecule has 0 aromatic heterocycles. The van der Waals surface area contributed by atoms with Crippen LogP contribution in [0.3, 0.4) is 0 Å². The van der Waals surface area contributed by atoms with Crippen molar-refractivity contribution in [2.45, 2.75) is 56.5 Å². The Kier molecular flexibility index (Phi) is 6.24. The van der Waals surface area contributed by atoms with Gasteiger partial charge in [0.25, 0.3) is 5.91 Å². The molecule has 2 fully saturated rings. The van der Waals surface area contributed by atoms with E-state index in [0.29, 0.717) is 23.2 Å². The van der Waals surface area contributed by atoms with Gasteiger partial charge in [-0.15, -0.1) is 0 Å². The van der Waals surface area contributed by atoms with E-state index in [4.69, 9.17) is 16.6 Å². The summed E-state index contributed by atoms with van der Waals surface area (Å²) in [6, 6.07) is 17.7. The van der Waals surface area contributed by atoms with E-state index >= 15 is 0 Å². The van der Waals surface area contributed by atoms with Gasteiger partial charge < -0.3 is 9.80 Å². The van der Waals surface area contributed by atoms with Gasteiger partial charge in [0.2, 0.25) is 5.91 Å². The first-order chi connectivity index (χ1) is 16.1. The maximum atomic E-state index is 13.6. The van der Waals surface area contributed by atoms with E-state index < -0.39 is 5.66 Å². The van der Waals surface area contributed by atoms with Crippen molar-refractivity contribution in [2.24, 2.45) is 4.99 Å². The maximum Gasteiger partial charge on any atom is 0.275 e. The van der Waals surface area contributed by atoms with Crippen molar-refractivity contribution >= 4 is 29.1 Å². The molecule has 3 aliphatic rings. The van der Waals surface area contributed by atoms with Gasteiger partial charge in [0.15, 0.2) is 0 Å². The molecule has 0 radical (unpaired) electrons. The molecule has 0 bridgehead atoms. The molecule has 2 aromatic rings. The SMILES string of the molecule is O=C(CN1C(=O)C(c2ccc(Cl)cc2)=NC12CCCCC2)N1CCCC(c2ccccc2)C1. The molecule has 172 valence electrons. The van der Waals surface area contributed by atoms with Crippen molar-refractivity contribution in [1.82, 2.24) is 9.80 Å². The summed E-state index contributed by atoms with van der Waals surface area (Å²) in [4.78, 5) is 35.7. The smallest absolute Gasteiger partial charge is 0.275 e. The van der Waals surface area contributed by atoms with E-state index in [-0.39, 0.29) is 18.4 Å². The average molecular weight is 464 g/mol. The van der Waals surface area contributed by atoms with Crippen LogP contribution in [0, 0.1) is 0 Å². The molecular weight excluding hydrogens is 434 g/mol. The standard InChI is InChI=1S/C27H30ClN3O2/c28-23-13-11-21(12-14-23)25-26(33)31(27(29-25)15-5-2-6-16-27)19-24(32)30-17-7-10-22(18-30)20-8-3-1-4-9-20/h1,3-4,8-9,11-14,22H,2,5-7,10,15-19H2. The third-order valence-electron chi connectivity index (χ3n) is 7.38. The zero-order valence-electron chi connectivity index (χ0n) is 18.9. The molecule has 2 aliphatic heterocycles. The number of amides is 2. The van der Waals surface area contributed by atoms with E-state index in [0.717, 1.165) is 57.1 Å². The van der Waals surface area contributed by atoms with Crippen LogP contribution in [0.1, 0.15) is 62.0 Å². The highest BCUT2D eigenvalue weighted by Crippen LogP contribution is 2.40. The van der Waals surface area contributed by atoms with Crippen LogP contribution in [0.2, 0.25) is 5.02 Å². The number of piperidine rings is 1. The fourth-order valence-corrected chi connectivity index (χ4v) is 5.71. The van der Waals surface area contributed by atoms with Gasteiger partial charge in [0, 0.05) is 29.6 Å². The number of benzene rings is 2. The molecule has 5 rings (SSSR count). The summed E-state index contributed by atoms with van der Waals surface area (Å²) in [6.07, 6.45) is 6.89. The van der Waals surface area contributed by atoms with E-state index in [1.54, 1.807) is 17.0 Å². The molecule has 1 saturated carbocycles. The Morgan fingerprint density at radius 3 is 2.45 bits per heavy atom. The molecule has 6 heteroatoms. The van der Waals surface area contributed by atoms with Crippen LogP contribution in [-0.2, 0) is 9.59 Å². The maximum absolute atomic E-state index is 13.6. The van der Waals surface area contributed by atoms with E-state index in [1.807, 2.05) is 23.1 Å². The normalized spacial score (nSPS) is 22.5. The zero-order valence-corrected chi connectivity index (χ0v) is 19.6. The second-order valence-corrected chi connectivity index (χ2v) is 9.93. The minimum Gasteiger partial charge on any atom is -0.341 e. The highest BCUT2D eigenvalue weighted by Gasteiger charge is 2.48. The molecule has 2 heterocycles. The van der Waals surface area contributed by atoms with Crippen LogP contribution >= 0.6 is 11.6 Å². The summed E-state index contributed by atoms with van der Waals surface area (Å²) in [7, 11) is 0. The Morgan fingerprint density at radius 1 is 1.00 bits per heavy atom. The van der Waals surface area contributed by atoms with Crippen molar-refractivity contribution in [3.63, 3.8) is 0 Å². The average Bonchev–Trinajstić information content (AvgIpc) is 3.11. The summed E-state index contributed by atoms with van der Waals surface area (Å²) in [6.45, 7) is 1.56. The van der Waals surface area contributed by atoms with Crippen molar-refractivity contribution in [1.29, 1.82) is 0 Å². The lowest BCUT2D eigenvalue weighted by molar-refractivity contribution is -0.142. The molecule has 2 amide bonds. The lowest BCUT2D eigenvalue weighted by Gasteiger charge is -2.40. The van der Waals surface area contributed by atoms with E-state index in [2.05, 4.69) is 24.3 Å². The van der Waals surface area contributed by atoms with Gasteiger partial charge in [-0.2, -0.15) is 0 Å². The quantitative estimate of drug-likeness (QED) is 0.638. The minimum absolute atomic E-state index is 0.0292. The summed E-state index contributed by atoms with van der Waals surface area (Å²) in [5.74, 6) is 0.244. The molecule has 0 N–H and O–H groups in total. The van der Waals surface area contributed by atoms with Gasteiger partial charge >= 0.3 is 0 Å². The van der Waals surface area contributed by atoms with Gasteiger partial charge in [0.05, 0.1) is 0 Å². The number of rotatable bonds is 4. The number of carbonyl (C=O) groups is 2. The van der Waals surface area contributed by atoms with Crippen molar-refractivity contribution in [3.05, 3.63) is 70.7 Å². The molecule has 1 aliphatic carbocycles. The fourth-order valence-electron chi connectivity index (χ4n) is 5.58. The second-order valence-electron chi connectivity index (χ2n) is 9.49. The summed E-state index contributed by atoms with van der Waals surface area (Å²) < 4.78 is 0. The molecule has 1 atom stereocenters. The molecule has 1 spiro atoms. The number of aliphatic imine (C=N–C) groups is 1. The Balaban J connectivity index is 1.35. The van der Waals surface area contributed by atoms with Crippen LogP contribution in [0.25, 0.3) is 0 Å². The monoisotopic (exact) mass is 463 g/mol. The fraction of sp³-hybridized carbons (Fsp3) is 0.444. The lowest BCUT2D eigenvalue weighted by Crippen LogP contribution is -2.53. The Labute approximate surface area is 200 Å². The van der Waals surface area contributed by atoms with E-state index in [1.165, 1.54) is 5.56 Å². The number of nitrogens with zero attached hydrogens (tertiary/aromatic N) is 3. The largest absolute Gasteiger partial charge is 0.341 e. The highest BCUT2D eigenvalue weighted by molar-refractivity contribution is 6.47. The Bertz CT molecular complexity index is 1040. The van der Waals surface area contributed by atoms with Crippen molar-refractivity contribution in [2.75, 3.05) is 19.6 Å². The third-order valence-corrected chi connectivity index (χ3v) is 7.63. The summed E-state index contributed by atoms with van der Waals surface area (Å²) in [5.41, 5.74) is 1.92. The third kappa shape index (κ3) is 4.43. The van der Waals surface area contributed by atoms with Gasteiger partial charge in [-0.1, -0.05) is 60.5 Å². The molecule has 1 saturated heterocycles. The molecule has 1 unspecified atom stereocenters. The number of hydrogen-bond donors (Lipinski definition) is 0.